The van der Waals surface area contributed by atoms with Gasteiger partial charge in [0.2, 0.25) is 0 Å². The molecule has 1 atom stereocenters. The number of hydrogen-bond donors (Lipinski definition) is 0. The lowest BCUT2D eigenvalue weighted by atomic mass is 10.7. The van der Waals surface area contributed by atoms with E-state index in [1.54, 1.807) is 0 Å². The Bertz CT molecular complexity index is 11.6. The predicted octanol–water partition coefficient (Wildman–Crippen LogP) is 1.75. The van der Waals surface area contributed by atoms with Crippen molar-refractivity contribution in [2.75, 3.05) is 0 Å². The van der Waals surface area contributed by atoms with Crippen LogP contribution in [0.1, 0.15) is 0 Å². The fraction of sp³-hybridized carbons (Fsp3) is 0. The minimum Gasteiger partial charge on any atom is -0.153 e. The zero-order valence-electron chi connectivity index (χ0n) is 2.42. The van der Waals surface area contributed by atoms with E-state index in [1.807, 2.05) is 0 Å². The smallest absolute Gasteiger partial charge is 0.153 e. The molecule has 0 radical (unpaired) electrons. The summed E-state index contributed by atoms with van der Waals surface area (Å²) in [6.07, 6.45) is 0. The van der Waals surface area contributed by atoms with Crippen molar-refractivity contribution in [3.05, 3.63) is 0 Å². The third-order valence-electron chi connectivity index (χ3n) is 0. The van der Waals surface area contributed by atoms with Crippen LogP contribution in [0.5, 0.6) is 0 Å². The predicted molar refractivity (Wildman–Crippen MR) is 34.4 cm³/mol. The molecule has 0 aliphatic rings. The summed E-state index contributed by atoms with van der Waals surface area (Å²) in [7, 11) is 0. The molecule has 0 nitrogen and oxygen atoms in total. The summed E-state index contributed by atoms with van der Waals surface area (Å²) in [5, 5.41) is 0. The highest BCUT2D eigenvalue weighted by Crippen LogP contribution is 1.97. The summed E-state index contributed by atoms with van der Waals surface area (Å²) in [6, 6.07) is 0. The molecule has 5 heavy (non-hydrogen) atoms. The topological polar surface area (TPSA) is 0 Å². The minimum absolute atomic E-state index is 0. The summed E-state index contributed by atoms with van der Waals surface area (Å²) in [5.74, 6) is 0. The molecule has 0 bridgehead atoms. The zero-order chi connectivity index (χ0) is 3.58. The average Bonchev–Trinajstić information content (AvgIpc) is 0.811. The fourth-order valence-corrected chi connectivity index (χ4v) is 0. The van der Waals surface area contributed by atoms with Gasteiger partial charge in [-0.25, -0.2) is 0 Å². The van der Waals surface area contributed by atoms with E-state index >= 15 is 0 Å². The van der Waals surface area contributed by atoms with Crippen molar-refractivity contribution < 1.29 is 0 Å². The van der Waals surface area contributed by atoms with Crippen molar-refractivity contribution in [3.8, 4) is 0 Å². The highest BCUT2D eigenvalue weighted by Gasteiger charge is 1.91. The van der Waals surface area contributed by atoms with Crippen molar-refractivity contribution in [1.82, 2.24) is 0 Å². The van der Waals surface area contributed by atoms with E-state index in [-0.39, 0.29) is 9.90 Å². The van der Waals surface area contributed by atoms with Crippen molar-refractivity contribution in [1.29, 1.82) is 0 Å². The molecule has 0 fully saturated rings. The van der Waals surface area contributed by atoms with Crippen molar-refractivity contribution >= 4 is 49.2 Å². The van der Waals surface area contributed by atoms with Gasteiger partial charge in [-0.2, -0.15) is 44.3 Å². The van der Waals surface area contributed by atoms with E-state index in [2.05, 4.69) is 0 Å². The van der Waals surface area contributed by atoms with Crippen LogP contribution in [0.2, 0.25) is 0 Å². The second-order valence-electron chi connectivity index (χ2n) is 0.247. The molecule has 32 valence electrons. The first-order valence-corrected chi connectivity index (χ1v) is 1.96. The normalized spacial score (nSPS) is 5.40. The number of rotatable bonds is 0. The Morgan fingerprint density at radius 1 is 1.00 bits per heavy atom. The third-order valence-corrected chi connectivity index (χ3v) is 0. The van der Waals surface area contributed by atoms with Gasteiger partial charge < -0.3 is 0 Å². The molecule has 0 saturated carbocycles. The van der Waals surface area contributed by atoms with E-state index in [1.165, 1.54) is 0 Å². The molecule has 0 spiro atoms. The van der Waals surface area contributed by atoms with E-state index in [4.69, 9.17) is 34.4 Å². The van der Waals surface area contributed by atoms with Gasteiger partial charge in [-0.1, -0.05) is 0 Å². The van der Waals surface area contributed by atoms with Gasteiger partial charge in [0.1, 0.15) is 0 Å². The molecule has 0 aromatic rings. The van der Waals surface area contributed by atoms with Gasteiger partial charge >= 0.3 is 4.96 Å². The van der Waals surface area contributed by atoms with Crippen molar-refractivity contribution in [2.24, 2.45) is 0 Å². The Kier molecular flexibility index (Phi) is 10.3. The monoisotopic (exact) mass is 150 g/mol. The summed E-state index contributed by atoms with van der Waals surface area (Å²) >= 11 is 14.4. The Morgan fingerprint density at radius 3 is 1.00 bits per heavy atom. The van der Waals surface area contributed by atoms with Gasteiger partial charge in [0.15, 0.2) is 0 Å². The van der Waals surface area contributed by atoms with Gasteiger partial charge in [-0.3, -0.25) is 0 Å². The van der Waals surface area contributed by atoms with Gasteiger partial charge in [0.25, 0.3) is 0 Å². The van der Waals surface area contributed by atoms with Gasteiger partial charge in [0, 0.05) is 0 Å². The SMILES string of the molecule is ClB(Cl)Cl.P. The van der Waals surface area contributed by atoms with Gasteiger partial charge in [0.05, 0.1) is 0 Å². The van der Waals surface area contributed by atoms with Crippen LogP contribution in [-0.4, -0.2) is 4.96 Å². The first kappa shape index (κ1) is 9.62. The Labute approximate surface area is 49.6 Å². The summed E-state index contributed by atoms with van der Waals surface area (Å²) < 4.78 is 0. The fourth-order valence-electron chi connectivity index (χ4n) is 0. The van der Waals surface area contributed by atoms with E-state index in [9.17, 15) is 0 Å². The lowest BCUT2D eigenvalue weighted by molar-refractivity contribution is 4.07. The molecule has 0 saturated heterocycles. The first-order chi connectivity index (χ1) is 1.73. The first-order valence-electron chi connectivity index (χ1n) is 0.655. The molecule has 0 aliphatic carbocycles. The Balaban J connectivity index is 0. The molecule has 0 N–H and O–H groups in total. The second-order valence-corrected chi connectivity index (χ2v) is 2.23. The van der Waals surface area contributed by atoms with Crippen LogP contribution in [0.25, 0.3) is 0 Å². The van der Waals surface area contributed by atoms with Crippen molar-refractivity contribution in [2.45, 2.75) is 0 Å². The molecular weight excluding hydrogens is 148 g/mol. The van der Waals surface area contributed by atoms with E-state index in [0.717, 1.165) is 0 Å². The highest BCUT2D eigenvalue weighted by molar-refractivity contribution is 7.54. The maximum absolute atomic E-state index is 4.81. The van der Waals surface area contributed by atoms with Crippen LogP contribution in [0.15, 0.2) is 0 Å². The molecule has 0 aliphatic heterocycles. The van der Waals surface area contributed by atoms with Crippen molar-refractivity contribution in [3.63, 3.8) is 0 Å². The summed E-state index contributed by atoms with van der Waals surface area (Å²) in [4.78, 5) is -0.750. The molecule has 0 amide bonds. The van der Waals surface area contributed by atoms with Gasteiger partial charge in [-0.05, 0) is 0 Å². The molecule has 0 heterocycles. The summed E-state index contributed by atoms with van der Waals surface area (Å²) in [5.41, 5.74) is 0. The molecular formula is H3BCl3P. The lowest BCUT2D eigenvalue weighted by Crippen LogP contribution is -1.66. The average molecular weight is 151 g/mol. The van der Waals surface area contributed by atoms with Crippen LogP contribution >= 0.6 is 44.3 Å². The maximum atomic E-state index is 4.81. The highest BCUT2D eigenvalue weighted by atomic mass is 35.6. The zero-order valence-corrected chi connectivity index (χ0v) is 6.10. The van der Waals surface area contributed by atoms with Crippen LogP contribution in [-0.2, 0) is 0 Å². The Morgan fingerprint density at radius 2 is 1.00 bits per heavy atom. The summed E-state index contributed by atoms with van der Waals surface area (Å²) in [6.45, 7) is 0. The van der Waals surface area contributed by atoms with Crippen LogP contribution < -0.4 is 0 Å². The molecule has 5 heteroatoms. The third kappa shape index (κ3) is 32.6. The van der Waals surface area contributed by atoms with Crippen LogP contribution in [0.4, 0.5) is 0 Å². The van der Waals surface area contributed by atoms with E-state index < -0.39 is 4.96 Å². The van der Waals surface area contributed by atoms with Crippen LogP contribution in [0, 0.1) is 0 Å². The molecule has 0 aromatic heterocycles. The Hall–Kier alpha value is 1.36. The maximum Gasteiger partial charge on any atom is 0.450 e. The number of hydrogen-bond acceptors (Lipinski definition) is 0. The van der Waals surface area contributed by atoms with Gasteiger partial charge in [-0.15, -0.1) is 0 Å². The quantitative estimate of drug-likeness (QED) is 0.365. The lowest BCUT2D eigenvalue weighted by Gasteiger charge is -1.61. The molecule has 1 unspecified atom stereocenters. The van der Waals surface area contributed by atoms with E-state index in [0.29, 0.717) is 0 Å². The largest absolute Gasteiger partial charge is 0.450 e. The second kappa shape index (κ2) is 5.36. The standard InChI is InChI=1S/BCl3.H3P/c2-1(3)4;/h;1H3. The molecule has 0 aromatic carbocycles. The minimum atomic E-state index is -0.750. The number of halogens is 3. The molecule has 0 rings (SSSR count). The van der Waals surface area contributed by atoms with Crippen LogP contribution in [0.3, 0.4) is 0 Å².